The van der Waals surface area contributed by atoms with E-state index in [1.807, 2.05) is 0 Å². The van der Waals surface area contributed by atoms with Gasteiger partial charge < -0.3 is 5.11 Å². The second-order valence-corrected chi connectivity index (χ2v) is 0.100. The number of aliphatic hydroxyl groups excluding tert-OH is 1. The molecule has 0 spiro atoms. The van der Waals surface area contributed by atoms with Gasteiger partial charge in [-0.1, -0.05) is 0 Å². The molecular formula is CHNOPd. The predicted octanol–water partition coefficient (Wildman–Crippen LogP) is -0.163. The van der Waals surface area contributed by atoms with Crippen LogP contribution in [0.15, 0.2) is 0 Å². The molecule has 0 rings (SSSR count). The molecule has 0 fully saturated rings. The summed E-state index contributed by atoms with van der Waals surface area (Å²) in [6, 6.07) is 0. The first-order valence-electron chi connectivity index (χ1n) is 0.447. The number of rotatable bonds is 0. The SMILES string of the molecule is N#CO.[Pd]. The molecular weight excluding hydrogens is 148 g/mol. The monoisotopic (exact) mass is 149 g/mol. The summed E-state index contributed by atoms with van der Waals surface area (Å²) < 4.78 is 0. The van der Waals surface area contributed by atoms with E-state index in [-0.39, 0.29) is 20.4 Å². The molecule has 0 bridgehead atoms. The van der Waals surface area contributed by atoms with Crippen molar-refractivity contribution >= 4 is 0 Å². The number of aliphatic hydroxyl groups is 1. The Morgan fingerprint density at radius 3 is 1.75 bits per heavy atom. The summed E-state index contributed by atoms with van der Waals surface area (Å²) in [4.78, 5) is 0. The van der Waals surface area contributed by atoms with E-state index in [4.69, 9.17) is 10.4 Å². The standard InChI is InChI=1S/CHNO.Pd/c2-1-3;/h3H;. The first kappa shape index (κ1) is 9.04. The topological polar surface area (TPSA) is 44.0 Å². The molecule has 0 amide bonds. The summed E-state index contributed by atoms with van der Waals surface area (Å²) in [5, 5.41) is 13.8. The zero-order valence-corrected chi connectivity index (χ0v) is 3.27. The van der Waals surface area contributed by atoms with Crippen molar-refractivity contribution in [3.8, 4) is 6.26 Å². The maximum absolute atomic E-state index is 6.88. The maximum atomic E-state index is 6.88. The Balaban J connectivity index is 0. The van der Waals surface area contributed by atoms with Gasteiger partial charge in [0.1, 0.15) is 0 Å². The number of nitriles is 1. The number of hydrogen-bond donors (Lipinski definition) is 1. The van der Waals surface area contributed by atoms with Gasteiger partial charge in [0.25, 0.3) is 6.26 Å². The summed E-state index contributed by atoms with van der Waals surface area (Å²) in [6.07, 6.45) is 0.750. The van der Waals surface area contributed by atoms with E-state index in [2.05, 4.69) is 0 Å². The van der Waals surface area contributed by atoms with Crippen LogP contribution in [-0.4, -0.2) is 5.11 Å². The van der Waals surface area contributed by atoms with Gasteiger partial charge in [-0.2, -0.15) is 5.26 Å². The Morgan fingerprint density at radius 1 is 1.75 bits per heavy atom. The van der Waals surface area contributed by atoms with Gasteiger partial charge in [-0.25, -0.2) is 0 Å². The minimum absolute atomic E-state index is 0. The molecule has 0 unspecified atom stereocenters. The number of hydrogen-bond acceptors (Lipinski definition) is 2. The van der Waals surface area contributed by atoms with Crippen molar-refractivity contribution in [3.05, 3.63) is 0 Å². The van der Waals surface area contributed by atoms with E-state index in [1.54, 1.807) is 0 Å². The van der Waals surface area contributed by atoms with Crippen molar-refractivity contribution in [1.82, 2.24) is 0 Å². The van der Waals surface area contributed by atoms with Gasteiger partial charge in [-0.3, -0.25) is 0 Å². The van der Waals surface area contributed by atoms with Crippen LogP contribution in [0.25, 0.3) is 0 Å². The van der Waals surface area contributed by atoms with Crippen LogP contribution in [0.3, 0.4) is 0 Å². The zero-order valence-electron chi connectivity index (χ0n) is 1.71. The molecule has 0 heterocycles. The van der Waals surface area contributed by atoms with Crippen LogP contribution in [0.4, 0.5) is 0 Å². The third kappa shape index (κ3) is 779. The molecule has 0 aliphatic heterocycles. The van der Waals surface area contributed by atoms with E-state index in [0.717, 1.165) is 6.26 Å². The Bertz CT molecular complexity index is 29.5. The second-order valence-electron chi connectivity index (χ2n) is 0.100. The Kier molecular flexibility index (Phi) is 28.0. The van der Waals surface area contributed by atoms with Gasteiger partial charge in [0.15, 0.2) is 0 Å². The van der Waals surface area contributed by atoms with Crippen LogP contribution in [0, 0.1) is 11.5 Å². The Labute approximate surface area is 37.7 Å². The van der Waals surface area contributed by atoms with Crippen molar-refractivity contribution in [2.24, 2.45) is 0 Å². The van der Waals surface area contributed by atoms with Crippen molar-refractivity contribution < 1.29 is 25.5 Å². The van der Waals surface area contributed by atoms with Crippen LogP contribution in [0.5, 0.6) is 0 Å². The van der Waals surface area contributed by atoms with Gasteiger partial charge in [0, 0.05) is 20.4 Å². The molecule has 0 aromatic heterocycles. The molecule has 26 valence electrons. The minimum Gasteiger partial charge on any atom is -0.443 e. The molecule has 0 saturated carbocycles. The maximum Gasteiger partial charge on any atom is 0.283 e. The summed E-state index contributed by atoms with van der Waals surface area (Å²) in [6.45, 7) is 0. The average molecular weight is 149 g/mol. The van der Waals surface area contributed by atoms with Crippen molar-refractivity contribution in [2.75, 3.05) is 0 Å². The third-order valence-electron chi connectivity index (χ3n) is 0. The molecule has 4 heavy (non-hydrogen) atoms. The Morgan fingerprint density at radius 2 is 1.75 bits per heavy atom. The molecule has 3 heteroatoms. The van der Waals surface area contributed by atoms with Gasteiger partial charge >= 0.3 is 0 Å². The minimum atomic E-state index is 0. The summed E-state index contributed by atoms with van der Waals surface area (Å²) in [7, 11) is 0. The van der Waals surface area contributed by atoms with Gasteiger partial charge in [0.2, 0.25) is 0 Å². The van der Waals surface area contributed by atoms with Crippen LogP contribution in [-0.2, 0) is 20.4 Å². The van der Waals surface area contributed by atoms with Gasteiger partial charge in [-0.15, -0.1) is 0 Å². The van der Waals surface area contributed by atoms with E-state index in [0.29, 0.717) is 0 Å². The van der Waals surface area contributed by atoms with E-state index in [9.17, 15) is 0 Å². The Hall–Kier alpha value is -0.0477. The van der Waals surface area contributed by atoms with E-state index < -0.39 is 0 Å². The fraction of sp³-hybridized carbons (Fsp3) is 0. The van der Waals surface area contributed by atoms with Crippen LogP contribution in [0.1, 0.15) is 0 Å². The normalized spacial score (nSPS) is 1.75. The molecule has 0 aromatic rings. The van der Waals surface area contributed by atoms with Gasteiger partial charge in [0.05, 0.1) is 0 Å². The smallest absolute Gasteiger partial charge is 0.283 e. The van der Waals surface area contributed by atoms with Crippen molar-refractivity contribution in [3.63, 3.8) is 0 Å². The largest absolute Gasteiger partial charge is 0.443 e. The fourth-order valence-corrected chi connectivity index (χ4v) is 0. The molecule has 2 nitrogen and oxygen atoms in total. The molecule has 0 aromatic carbocycles. The summed E-state index contributed by atoms with van der Waals surface area (Å²) >= 11 is 0. The first-order chi connectivity index (χ1) is 1.41. The van der Waals surface area contributed by atoms with Crippen LogP contribution < -0.4 is 0 Å². The average Bonchev–Trinajstić information content (AvgIpc) is 0.918. The fourth-order valence-electron chi connectivity index (χ4n) is 0. The number of nitrogens with zero attached hydrogens (tertiary/aromatic N) is 1. The van der Waals surface area contributed by atoms with Crippen molar-refractivity contribution in [2.45, 2.75) is 0 Å². The molecule has 0 aliphatic carbocycles. The van der Waals surface area contributed by atoms with Crippen LogP contribution >= 0.6 is 0 Å². The zero-order chi connectivity index (χ0) is 2.71. The third-order valence-corrected chi connectivity index (χ3v) is 0. The predicted molar refractivity (Wildman–Crippen MR) is 7.55 cm³/mol. The molecule has 0 saturated heterocycles. The van der Waals surface area contributed by atoms with Crippen LogP contribution in [0.2, 0.25) is 0 Å². The summed E-state index contributed by atoms with van der Waals surface area (Å²) in [5.41, 5.74) is 0. The quantitative estimate of drug-likeness (QED) is 0.384. The van der Waals surface area contributed by atoms with E-state index in [1.165, 1.54) is 0 Å². The molecule has 1 N–H and O–H groups in total. The first-order valence-corrected chi connectivity index (χ1v) is 0.447. The second kappa shape index (κ2) is 12.4. The summed E-state index contributed by atoms with van der Waals surface area (Å²) in [5.74, 6) is 0. The molecule has 0 aliphatic rings. The van der Waals surface area contributed by atoms with Gasteiger partial charge in [-0.05, 0) is 0 Å². The molecule has 0 atom stereocenters. The molecule has 0 radical (unpaired) electrons. The van der Waals surface area contributed by atoms with E-state index >= 15 is 0 Å². The van der Waals surface area contributed by atoms with Crippen molar-refractivity contribution in [1.29, 1.82) is 5.26 Å².